The lowest BCUT2D eigenvalue weighted by atomic mass is 10.2. The van der Waals surface area contributed by atoms with Gasteiger partial charge in [0, 0.05) is 17.5 Å². The predicted molar refractivity (Wildman–Crippen MR) is 55.5 cm³/mol. The SMILES string of the molecule is COc1ccc2c(=NO)cc(C=O)oc2c1. The highest BCUT2D eigenvalue weighted by Crippen LogP contribution is 2.18. The number of rotatable bonds is 2. The quantitative estimate of drug-likeness (QED) is 0.472. The van der Waals surface area contributed by atoms with Gasteiger partial charge >= 0.3 is 0 Å². The third-order valence-corrected chi connectivity index (χ3v) is 2.20. The van der Waals surface area contributed by atoms with Crippen molar-refractivity contribution in [2.75, 3.05) is 7.11 Å². The van der Waals surface area contributed by atoms with E-state index in [0.29, 0.717) is 23.0 Å². The summed E-state index contributed by atoms with van der Waals surface area (Å²) in [6, 6.07) is 6.40. The van der Waals surface area contributed by atoms with Gasteiger partial charge in [0.1, 0.15) is 16.7 Å². The van der Waals surface area contributed by atoms with E-state index in [4.69, 9.17) is 14.4 Å². The van der Waals surface area contributed by atoms with E-state index < -0.39 is 0 Å². The van der Waals surface area contributed by atoms with Crippen molar-refractivity contribution in [1.82, 2.24) is 0 Å². The Labute approximate surface area is 90.6 Å². The number of carbonyl (C=O) groups is 1. The standard InChI is InChI=1S/C11H9NO4/c1-15-7-2-3-9-10(12-14)4-8(6-13)16-11(9)5-7/h2-6,14H,1H3. The average Bonchev–Trinajstić information content (AvgIpc) is 2.36. The summed E-state index contributed by atoms with van der Waals surface area (Å²) in [6.45, 7) is 0. The fourth-order valence-corrected chi connectivity index (χ4v) is 1.44. The largest absolute Gasteiger partial charge is 0.497 e. The van der Waals surface area contributed by atoms with Crippen molar-refractivity contribution < 1.29 is 19.2 Å². The van der Waals surface area contributed by atoms with Crippen LogP contribution in [0.5, 0.6) is 5.75 Å². The molecule has 82 valence electrons. The van der Waals surface area contributed by atoms with Crippen LogP contribution in [0.15, 0.2) is 33.8 Å². The number of hydrogen-bond donors (Lipinski definition) is 1. The molecule has 5 nitrogen and oxygen atoms in total. The molecule has 2 rings (SSSR count). The smallest absolute Gasteiger partial charge is 0.185 e. The molecule has 0 aliphatic heterocycles. The summed E-state index contributed by atoms with van der Waals surface area (Å²) >= 11 is 0. The maximum atomic E-state index is 10.6. The number of benzene rings is 1. The highest BCUT2D eigenvalue weighted by atomic mass is 16.5. The van der Waals surface area contributed by atoms with Gasteiger partial charge in [-0.05, 0) is 12.1 Å². The van der Waals surface area contributed by atoms with Crippen LogP contribution in [0.2, 0.25) is 0 Å². The van der Waals surface area contributed by atoms with Crippen molar-refractivity contribution in [2.45, 2.75) is 0 Å². The van der Waals surface area contributed by atoms with Gasteiger partial charge in [-0.25, -0.2) is 0 Å². The molecular weight excluding hydrogens is 210 g/mol. The Hall–Kier alpha value is -2.30. The zero-order chi connectivity index (χ0) is 11.5. The number of hydrogen-bond acceptors (Lipinski definition) is 5. The van der Waals surface area contributed by atoms with Gasteiger partial charge in [0.2, 0.25) is 0 Å². The molecule has 0 aliphatic carbocycles. The summed E-state index contributed by atoms with van der Waals surface area (Å²) in [5.41, 5.74) is 0.428. The summed E-state index contributed by atoms with van der Waals surface area (Å²) in [7, 11) is 1.53. The second kappa shape index (κ2) is 4.06. The first-order valence-corrected chi connectivity index (χ1v) is 4.53. The molecule has 0 saturated heterocycles. The molecule has 5 heteroatoms. The molecule has 1 aromatic heterocycles. The van der Waals surface area contributed by atoms with Crippen LogP contribution in [-0.4, -0.2) is 18.6 Å². The van der Waals surface area contributed by atoms with Gasteiger partial charge in [-0.2, -0.15) is 0 Å². The second-order valence-corrected chi connectivity index (χ2v) is 3.11. The first kappa shape index (κ1) is 10.2. The molecule has 0 unspecified atom stereocenters. The van der Waals surface area contributed by atoms with Crippen LogP contribution >= 0.6 is 0 Å². The third-order valence-electron chi connectivity index (χ3n) is 2.20. The molecule has 0 radical (unpaired) electrons. The summed E-state index contributed by atoms with van der Waals surface area (Å²) in [5.74, 6) is 0.691. The molecule has 0 bridgehead atoms. The van der Waals surface area contributed by atoms with E-state index in [0.717, 1.165) is 0 Å². The highest BCUT2D eigenvalue weighted by molar-refractivity contribution is 5.81. The van der Waals surface area contributed by atoms with E-state index >= 15 is 0 Å². The number of fused-ring (bicyclic) bond motifs is 1. The summed E-state index contributed by atoms with van der Waals surface area (Å²) in [6.07, 6.45) is 0.549. The molecule has 1 heterocycles. The first-order valence-electron chi connectivity index (χ1n) is 4.53. The normalized spacial score (nSPS) is 11.7. The minimum absolute atomic E-state index is 0.0913. The second-order valence-electron chi connectivity index (χ2n) is 3.11. The third kappa shape index (κ3) is 1.63. The summed E-state index contributed by atoms with van der Waals surface area (Å²) < 4.78 is 10.3. The van der Waals surface area contributed by atoms with Crippen molar-refractivity contribution >= 4 is 17.3 Å². The minimum Gasteiger partial charge on any atom is -0.497 e. The number of aldehydes is 1. The molecule has 16 heavy (non-hydrogen) atoms. The zero-order valence-corrected chi connectivity index (χ0v) is 8.51. The lowest BCUT2D eigenvalue weighted by molar-refractivity contribution is 0.110. The van der Waals surface area contributed by atoms with Crippen molar-refractivity contribution in [3.63, 3.8) is 0 Å². The van der Waals surface area contributed by atoms with Gasteiger partial charge in [-0.1, -0.05) is 5.16 Å². The Morgan fingerprint density at radius 2 is 2.25 bits per heavy atom. The zero-order valence-electron chi connectivity index (χ0n) is 8.51. The molecule has 0 aliphatic rings. The Morgan fingerprint density at radius 3 is 2.88 bits per heavy atom. The lowest BCUT2D eigenvalue weighted by Gasteiger charge is -2.02. The monoisotopic (exact) mass is 219 g/mol. The maximum absolute atomic E-state index is 10.6. The summed E-state index contributed by atoms with van der Waals surface area (Å²) in [4.78, 5) is 10.6. The van der Waals surface area contributed by atoms with E-state index in [9.17, 15) is 4.79 Å². The first-order chi connectivity index (χ1) is 7.78. The van der Waals surface area contributed by atoms with Gasteiger partial charge in [0.25, 0.3) is 0 Å². The van der Waals surface area contributed by atoms with E-state index in [1.165, 1.54) is 13.2 Å². The van der Waals surface area contributed by atoms with E-state index in [1.807, 2.05) is 0 Å². The van der Waals surface area contributed by atoms with Crippen LogP contribution < -0.4 is 10.1 Å². The molecule has 2 aromatic rings. The van der Waals surface area contributed by atoms with Crippen molar-refractivity contribution in [2.24, 2.45) is 5.16 Å². The van der Waals surface area contributed by atoms with E-state index in [-0.39, 0.29) is 11.1 Å². The molecule has 1 aromatic carbocycles. The predicted octanol–water partition coefficient (Wildman–Crippen LogP) is 1.54. The molecular formula is C11H9NO4. The van der Waals surface area contributed by atoms with Gasteiger partial charge in [0.05, 0.1) is 7.11 Å². The lowest BCUT2D eigenvalue weighted by Crippen LogP contribution is -2.04. The van der Waals surface area contributed by atoms with Gasteiger partial charge in [-0.15, -0.1) is 0 Å². The van der Waals surface area contributed by atoms with Crippen molar-refractivity contribution in [3.8, 4) is 5.75 Å². The van der Waals surface area contributed by atoms with Crippen LogP contribution in [0, 0.1) is 0 Å². The van der Waals surface area contributed by atoms with Crippen LogP contribution in [-0.2, 0) is 0 Å². The topological polar surface area (TPSA) is 72.0 Å². The van der Waals surface area contributed by atoms with E-state index in [2.05, 4.69) is 5.16 Å². The molecule has 0 amide bonds. The Balaban J connectivity index is 2.84. The van der Waals surface area contributed by atoms with Crippen LogP contribution in [0.4, 0.5) is 0 Å². The molecule has 0 fully saturated rings. The van der Waals surface area contributed by atoms with Gasteiger partial charge < -0.3 is 14.4 Å². The molecule has 0 atom stereocenters. The maximum Gasteiger partial charge on any atom is 0.185 e. The number of nitrogens with zero attached hydrogens (tertiary/aromatic N) is 1. The van der Waals surface area contributed by atoms with Crippen LogP contribution in [0.25, 0.3) is 11.0 Å². The van der Waals surface area contributed by atoms with Crippen LogP contribution in [0.1, 0.15) is 10.6 Å². The molecule has 1 N–H and O–H groups in total. The van der Waals surface area contributed by atoms with Crippen molar-refractivity contribution in [3.05, 3.63) is 35.4 Å². The Kier molecular flexibility index (Phi) is 2.59. The van der Waals surface area contributed by atoms with Crippen LogP contribution in [0.3, 0.4) is 0 Å². The number of methoxy groups -OCH3 is 1. The molecule has 0 spiro atoms. The Bertz CT molecular complexity index is 600. The fourth-order valence-electron chi connectivity index (χ4n) is 1.44. The van der Waals surface area contributed by atoms with E-state index in [1.54, 1.807) is 18.2 Å². The Morgan fingerprint density at radius 1 is 1.44 bits per heavy atom. The van der Waals surface area contributed by atoms with Gasteiger partial charge in [-0.3, -0.25) is 4.79 Å². The summed E-state index contributed by atoms with van der Waals surface area (Å²) in [5, 5.41) is 12.8. The fraction of sp³-hybridized carbons (Fsp3) is 0.0909. The molecule has 0 saturated carbocycles. The van der Waals surface area contributed by atoms with Crippen molar-refractivity contribution in [1.29, 1.82) is 0 Å². The highest BCUT2D eigenvalue weighted by Gasteiger charge is 2.04. The van der Waals surface area contributed by atoms with Gasteiger partial charge in [0.15, 0.2) is 12.0 Å². The minimum atomic E-state index is 0.0913. The number of carbonyl (C=O) groups excluding carboxylic acids is 1. The number of ether oxygens (including phenoxy) is 1. The average molecular weight is 219 g/mol.